The molecule has 27 heavy (non-hydrogen) atoms. The smallest absolute Gasteiger partial charge is 0.388 e. The summed E-state index contributed by atoms with van der Waals surface area (Å²) in [7, 11) is 3.19. The fourth-order valence-corrected chi connectivity index (χ4v) is 2.96. The molecule has 1 heterocycles. The van der Waals surface area contributed by atoms with Crippen molar-refractivity contribution < 1.29 is 13.2 Å². The summed E-state index contributed by atoms with van der Waals surface area (Å²) in [6, 6.07) is 5.57. The van der Waals surface area contributed by atoms with Crippen molar-refractivity contribution in [3.63, 3.8) is 0 Å². The lowest BCUT2D eigenvalue weighted by Gasteiger charge is -2.14. The summed E-state index contributed by atoms with van der Waals surface area (Å²) < 4.78 is 39.8. The molecule has 0 fully saturated rings. The lowest BCUT2D eigenvalue weighted by atomic mass is 10.1. The average molecular weight is 444 g/mol. The minimum atomic E-state index is -4.52. The number of hydrogen-bond donors (Lipinski definition) is 3. The Bertz CT molecular complexity index is 821. The summed E-state index contributed by atoms with van der Waals surface area (Å²) in [5.74, 6) is -0.210. The second-order valence-corrected chi connectivity index (χ2v) is 6.53. The van der Waals surface area contributed by atoms with E-state index in [1.165, 1.54) is 7.05 Å². The topological polar surface area (TPSA) is 61.9 Å². The van der Waals surface area contributed by atoms with Crippen LogP contribution in [0.1, 0.15) is 30.9 Å². The number of halogens is 4. The van der Waals surface area contributed by atoms with Crippen molar-refractivity contribution >= 4 is 43.6 Å². The third-order valence-corrected chi connectivity index (χ3v) is 4.50. The van der Waals surface area contributed by atoms with Gasteiger partial charge in [-0.15, -0.1) is 0 Å². The Kier molecular flexibility index (Phi) is 7.06. The van der Waals surface area contributed by atoms with E-state index in [9.17, 15) is 13.2 Å². The van der Waals surface area contributed by atoms with Gasteiger partial charge < -0.3 is 16.0 Å². The fourth-order valence-electron chi connectivity index (χ4n) is 2.39. The van der Waals surface area contributed by atoms with Gasteiger partial charge in [0.25, 0.3) is 0 Å². The van der Waals surface area contributed by atoms with Crippen molar-refractivity contribution in [3.8, 4) is 0 Å². The van der Waals surface area contributed by atoms with Gasteiger partial charge in [-0.1, -0.05) is 35.4 Å². The van der Waals surface area contributed by atoms with Gasteiger partial charge in [0, 0.05) is 41.7 Å². The molecule has 0 aliphatic carbocycles. The molecule has 5 nitrogen and oxygen atoms in total. The molecule has 2 aromatic rings. The molecule has 0 aliphatic rings. The molecule has 1 aromatic carbocycles. The van der Waals surface area contributed by atoms with Gasteiger partial charge >= 0.3 is 6.18 Å². The summed E-state index contributed by atoms with van der Waals surface area (Å²) in [6.07, 6.45) is 0.341. The quantitative estimate of drug-likeness (QED) is 0.500. The van der Waals surface area contributed by atoms with E-state index in [1.54, 1.807) is 7.05 Å². The number of unbranched alkanes of at least 4 members (excludes halogenated alkanes) is 1. The average Bonchev–Trinajstić information content (AvgIpc) is 2.64. The van der Waals surface area contributed by atoms with Gasteiger partial charge in [0.2, 0.25) is 5.95 Å². The maximum atomic E-state index is 12.9. The normalized spacial score (nSPS) is 12.0. The Morgan fingerprint density at radius 3 is 2.56 bits per heavy atom. The van der Waals surface area contributed by atoms with E-state index in [0.717, 1.165) is 34.8 Å². The molecule has 0 saturated carbocycles. The molecule has 9 heteroatoms. The monoisotopic (exact) mass is 443 g/mol. The Labute approximate surface area is 164 Å². The van der Waals surface area contributed by atoms with E-state index >= 15 is 0 Å². The number of anilines is 4. The predicted molar refractivity (Wildman–Crippen MR) is 108 cm³/mol. The van der Waals surface area contributed by atoms with E-state index in [4.69, 9.17) is 0 Å². The molecule has 146 valence electrons. The number of rotatable bonds is 7. The largest absolute Gasteiger partial charge is 0.421 e. The van der Waals surface area contributed by atoms with Gasteiger partial charge in [-0.05, 0) is 24.6 Å². The van der Waals surface area contributed by atoms with E-state index in [1.807, 2.05) is 18.2 Å². The maximum Gasteiger partial charge on any atom is 0.421 e. The molecule has 0 radical (unpaired) electrons. The van der Waals surface area contributed by atoms with Gasteiger partial charge in [-0.3, -0.25) is 0 Å². The number of benzene rings is 1. The lowest BCUT2D eigenvalue weighted by molar-refractivity contribution is -0.137. The number of alkyl halides is 3. The first-order chi connectivity index (χ1) is 12.8. The summed E-state index contributed by atoms with van der Waals surface area (Å²) >= 11 is 3.58. The van der Waals surface area contributed by atoms with Crippen LogP contribution in [-0.4, -0.2) is 24.1 Å². The van der Waals surface area contributed by atoms with Gasteiger partial charge in [-0.25, -0.2) is 4.98 Å². The van der Waals surface area contributed by atoms with Gasteiger partial charge in [0.1, 0.15) is 11.4 Å². The van der Waals surface area contributed by atoms with E-state index < -0.39 is 11.7 Å². The van der Waals surface area contributed by atoms with Crippen LogP contribution in [0.25, 0.3) is 4.48 Å². The molecule has 0 bridgehead atoms. The van der Waals surface area contributed by atoms with Crippen molar-refractivity contribution in [2.75, 3.05) is 30.0 Å². The van der Waals surface area contributed by atoms with Crippen LogP contribution in [-0.2, 0) is 6.18 Å². The van der Waals surface area contributed by atoms with Crippen LogP contribution >= 0.6 is 15.9 Å². The van der Waals surface area contributed by atoms with Crippen molar-refractivity contribution in [1.82, 2.24) is 9.97 Å². The Balaban J connectivity index is 2.30. The number of allylic oxidation sites excluding steroid dienone is 1. The summed E-state index contributed by atoms with van der Waals surface area (Å²) in [5, 5.41) is 8.51. The molecule has 0 spiro atoms. The van der Waals surface area contributed by atoms with Crippen LogP contribution in [0.3, 0.4) is 0 Å². The fraction of sp³-hybridized carbons (Fsp3) is 0.333. The molecule has 0 amide bonds. The molecular weight excluding hydrogens is 423 g/mol. The van der Waals surface area contributed by atoms with E-state index in [-0.39, 0.29) is 11.8 Å². The number of aromatic nitrogens is 2. The second-order valence-electron chi connectivity index (χ2n) is 5.68. The van der Waals surface area contributed by atoms with Crippen molar-refractivity contribution in [3.05, 3.63) is 41.6 Å². The number of nitrogens with one attached hydrogen (secondary N) is 3. The highest BCUT2D eigenvalue weighted by Gasteiger charge is 2.35. The number of nitrogens with zero attached hydrogens (tertiary/aromatic N) is 2. The Morgan fingerprint density at radius 1 is 1.22 bits per heavy atom. The molecular formula is C18H21BrF3N5. The minimum absolute atomic E-state index is 0.0720. The van der Waals surface area contributed by atoms with Gasteiger partial charge in [0.05, 0.1) is 0 Å². The van der Waals surface area contributed by atoms with E-state index in [0.29, 0.717) is 5.69 Å². The highest BCUT2D eigenvalue weighted by atomic mass is 79.9. The van der Waals surface area contributed by atoms with Gasteiger partial charge in [-0.2, -0.15) is 18.2 Å². The van der Waals surface area contributed by atoms with Crippen LogP contribution in [0.4, 0.5) is 36.3 Å². The number of hydrogen-bond acceptors (Lipinski definition) is 5. The summed E-state index contributed by atoms with van der Waals surface area (Å²) in [6.45, 7) is 2.10. The van der Waals surface area contributed by atoms with Crippen molar-refractivity contribution in [1.29, 1.82) is 0 Å². The molecule has 3 N–H and O–H groups in total. The first-order valence-corrected chi connectivity index (χ1v) is 9.16. The lowest BCUT2D eigenvalue weighted by Crippen LogP contribution is -2.12. The standard InChI is InChI=1S/C18H21BrF3N5/c1-4-5-6-14(19)12-8-7-11(9-15(12)23-2)26-17-25-10-13(18(20,21)22)16(24-3)27-17/h6-10,23H,4-5H2,1-3H3,(H2,24,25,26,27)/b14-6+. The molecule has 0 saturated heterocycles. The van der Waals surface area contributed by atoms with Crippen LogP contribution in [0.15, 0.2) is 30.5 Å². The molecule has 0 aliphatic heterocycles. The van der Waals surface area contributed by atoms with Gasteiger partial charge in [0.15, 0.2) is 0 Å². The van der Waals surface area contributed by atoms with Crippen molar-refractivity contribution in [2.45, 2.75) is 25.9 Å². The van der Waals surface area contributed by atoms with Crippen LogP contribution in [0.2, 0.25) is 0 Å². The maximum absolute atomic E-state index is 12.9. The zero-order valence-electron chi connectivity index (χ0n) is 15.2. The molecule has 1 aromatic heterocycles. The zero-order valence-corrected chi connectivity index (χ0v) is 16.8. The third-order valence-electron chi connectivity index (χ3n) is 3.75. The molecule has 0 atom stereocenters. The van der Waals surface area contributed by atoms with Crippen LogP contribution in [0.5, 0.6) is 0 Å². The Hall–Kier alpha value is -2.29. The van der Waals surface area contributed by atoms with Crippen LogP contribution < -0.4 is 16.0 Å². The first kappa shape index (κ1) is 21.0. The molecule has 2 rings (SSSR count). The second kappa shape index (κ2) is 9.07. The van der Waals surface area contributed by atoms with Crippen LogP contribution in [0, 0.1) is 0 Å². The highest BCUT2D eigenvalue weighted by Crippen LogP contribution is 2.35. The van der Waals surface area contributed by atoms with E-state index in [2.05, 4.69) is 54.8 Å². The van der Waals surface area contributed by atoms with Crippen molar-refractivity contribution in [2.24, 2.45) is 0 Å². The summed E-state index contributed by atoms with van der Waals surface area (Å²) in [5.41, 5.74) is 1.59. The third kappa shape index (κ3) is 5.35. The Morgan fingerprint density at radius 2 is 1.96 bits per heavy atom. The highest BCUT2D eigenvalue weighted by molar-refractivity contribution is 9.15. The minimum Gasteiger partial charge on any atom is -0.388 e. The zero-order chi connectivity index (χ0) is 20.0. The molecule has 0 unspecified atom stereocenters. The first-order valence-electron chi connectivity index (χ1n) is 8.37. The predicted octanol–water partition coefficient (Wildman–Crippen LogP) is 5.86. The SMILES string of the molecule is CCC/C=C(/Br)c1ccc(Nc2ncc(C(F)(F)F)c(NC)n2)cc1NC. The summed E-state index contributed by atoms with van der Waals surface area (Å²) in [4.78, 5) is 7.69.